The Morgan fingerprint density at radius 3 is 2.95 bits per heavy atom. The number of carbonyl (C=O) groups is 1. The Balaban J connectivity index is 1.65. The number of ether oxygens (including phenoxy) is 1. The van der Waals surface area contributed by atoms with Gasteiger partial charge in [0.05, 0.1) is 6.61 Å². The van der Waals surface area contributed by atoms with Crippen molar-refractivity contribution in [2.24, 2.45) is 11.8 Å². The first-order valence-electron chi connectivity index (χ1n) is 7.75. The molecule has 0 radical (unpaired) electrons. The highest BCUT2D eigenvalue weighted by molar-refractivity contribution is 5.75. The lowest BCUT2D eigenvalue weighted by atomic mass is 9.69. The van der Waals surface area contributed by atoms with Gasteiger partial charge in [-0.15, -0.1) is 0 Å². The van der Waals surface area contributed by atoms with Gasteiger partial charge in [-0.05, 0) is 51.0 Å². The highest BCUT2D eigenvalue weighted by Crippen LogP contribution is 2.42. The molecule has 4 unspecified atom stereocenters. The van der Waals surface area contributed by atoms with Crippen LogP contribution in [0.4, 0.5) is 0 Å². The Kier molecular flexibility index (Phi) is 4.14. The van der Waals surface area contributed by atoms with Gasteiger partial charge in [-0.2, -0.15) is 5.16 Å². The summed E-state index contributed by atoms with van der Waals surface area (Å²) in [7, 11) is 0. The first-order valence-corrected chi connectivity index (χ1v) is 7.75. The predicted octanol–water partition coefficient (Wildman–Crippen LogP) is 1.39. The van der Waals surface area contributed by atoms with Crippen molar-refractivity contribution in [3.05, 3.63) is 22.2 Å². The van der Waals surface area contributed by atoms with Crippen LogP contribution in [-0.2, 0) is 9.53 Å². The molecule has 1 aromatic heterocycles. The second-order valence-corrected chi connectivity index (χ2v) is 6.09. The van der Waals surface area contributed by atoms with E-state index in [2.05, 4.69) is 10.5 Å². The lowest BCUT2D eigenvalue weighted by molar-refractivity contribution is -0.147. The minimum atomic E-state index is -0.191. The van der Waals surface area contributed by atoms with E-state index in [0.29, 0.717) is 18.4 Å². The van der Waals surface area contributed by atoms with E-state index < -0.39 is 0 Å². The number of rotatable bonds is 3. The number of fused-ring (bicyclic) bond motifs is 1. The summed E-state index contributed by atoms with van der Waals surface area (Å²) in [6, 6.07) is 1.36. The molecule has 1 saturated heterocycles. The van der Waals surface area contributed by atoms with Gasteiger partial charge in [-0.3, -0.25) is 9.59 Å². The quantitative estimate of drug-likeness (QED) is 0.823. The van der Waals surface area contributed by atoms with E-state index in [-0.39, 0.29) is 23.5 Å². The number of carbonyl (C=O) groups excluding carboxylic acids is 1. The summed E-state index contributed by atoms with van der Waals surface area (Å²) in [6.07, 6.45) is 3.93. The third-order valence-electron chi connectivity index (χ3n) is 4.82. The van der Waals surface area contributed by atoms with Gasteiger partial charge < -0.3 is 14.6 Å². The van der Waals surface area contributed by atoms with Gasteiger partial charge in [0, 0.05) is 12.0 Å². The van der Waals surface area contributed by atoms with Crippen molar-refractivity contribution in [2.45, 2.75) is 44.6 Å². The van der Waals surface area contributed by atoms with Crippen LogP contribution in [0.5, 0.6) is 0 Å². The lowest BCUT2D eigenvalue weighted by Gasteiger charge is -2.41. The molecule has 1 aliphatic carbocycles. The fourth-order valence-corrected chi connectivity index (χ4v) is 3.74. The number of piperidine rings is 1. The fourth-order valence-electron chi connectivity index (χ4n) is 3.74. The van der Waals surface area contributed by atoms with Gasteiger partial charge in [-0.1, -0.05) is 0 Å². The largest absolute Gasteiger partial charge is 0.465 e. The van der Waals surface area contributed by atoms with E-state index in [1.54, 1.807) is 6.07 Å². The van der Waals surface area contributed by atoms with E-state index in [9.17, 15) is 9.59 Å². The monoisotopic (exact) mass is 294 g/mol. The standard InChI is InChI=1S/C15H22N2O4/c1-2-20-15(19)12-6-11-5-9(3-4-10(11)8-16-12)13-7-14(18)17-21-13/h7,9-12,16H,2-6,8H2,1H3,(H,17,18). The molecule has 1 saturated carbocycles. The molecule has 116 valence electrons. The van der Waals surface area contributed by atoms with Crippen molar-refractivity contribution in [3.8, 4) is 0 Å². The maximum Gasteiger partial charge on any atom is 0.323 e. The SMILES string of the molecule is CCOC(=O)C1CC2CC(c3cc(=O)[nH]o3)CCC2CN1. The van der Waals surface area contributed by atoms with E-state index >= 15 is 0 Å². The minimum absolute atomic E-state index is 0.147. The Hall–Kier alpha value is -1.56. The third kappa shape index (κ3) is 3.05. The molecule has 0 aromatic carbocycles. The molecule has 2 N–H and O–H groups in total. The van der Waals surface area contributed by atoms with Crippen LogP contribution in [0.3, 0.4) is 0 Å². The van der Waals surface area contributed by atoms with Crippen molar-refractivity contribution in [1.29, 1.82) is 0 Å². The van der Waals surface area contributed by atoms with Crippen LogP contribution >= 0.6 is 0 Å². The van der Waals surface area contributed by atoms with Crippen molar-refractivity contribution >= 4 is 5.97 Å². The van der Waals surface area contributed by atoms with Crippen molar-refractivity contribution in [1.82, 2.24) is 10.5 Å². The zero-order valence-electron chi connectivity index (χ0n) is 12.3. The first-order chi connectivity index (χ1) is 10.2. The number of aromatic amines is 1. The molecule has 6 nitrogen and oxygen atoms in total. The molecule has 2 fully saturated rings. The second kappa shape index (κ2) is 6.05. The molecule has 6 heteroatoms. The summed E-state index contributed by atoms with van der Waals surface area (Å²) in [6.45, 7) is 3.12. The highest BCUT2D eigenvalue weighted by atomic mass is 16.5. The van der Waals surface area contributed by atoms with Gasteiger partial charge in [-0.25, -0.2) is 0 Å². The third-order valence-corrected chi connectivity index (χ3v) is 4.82. The van der Waals surface area contributed by atoms with Gasteiger partial charge >= 0.3 is 5.97 Å². The smallest absolute Gasteiger partial charge is 0.323 e. The lowest BCUT2D eigenvalue weighted by Crippen LogP contribution is -2.50. The number of hydrogen-bond acceptors (Lipinski definition) is 5. The average Bonchev–Trinajstić information content (AvgIpc) is 2.93. The number of nitrogens with one attached hydrogen (secondary N) is 2. The summed E-state index contributed by atoms with van der Waals surface area (Å²) in [5.74, 6) is 1.99. The normalized spacial score (nSPS) is 32.4. The Morgan fingerprint density at radius 2 is 2.24 bits per heavy atom. The molecule has 0 amide bonds. The molecule has 4 atom stereocenters. The van der Waals surface area contributed by atoms with E-state index in [0.717, 1.165) is 38.0 Å². The van der Waals surface area contributed by atoms with Crippen molar-refractivity contribution in [3.63, 3.8) is 0 Å². The van der Waals surface area contributed by atoms with E-state index in [1.807, 2.05) is 6.92 Å². The van der Waals surface area contributed by atoms with Gasteiger partial charge in [0.25, 0.3) is 5.56 Å². The van der Waals surface area contributed by atoms with E-state index in [4.69, 9.17) is 9.26 Å². The van der Waals surface area contributed by atoms with Crippen molar-refractivity contribution in [2.75, 3.05) is 13.2 Å². The van der Waals surface area contributed by atoms with Crippen LogP contribution in [0, 0.1) is 11.8 Å². The number of hydrogen-bond donors (Lipinski definition) is 2. The Labute approximate surface area is 123 Å². The Bertz CT molecular complexity index is 550. The molecular formula is C15H22N2O4. The maximum atomic E-state index is 11.9. The summed E-state index contributed by atoms with van der Waals surface area (Å²) in [5, 5.41) is 5.67. The van der Waals surface area contributed by atoms with Crippen LogP contribution in [-0.4, -0.2) is 30.3 Å². The molecule has 3 rings (SSSR count). The van der Waals surface area contributed by atoms with Crippen LogP contribution in [0.15, 0.2) is 15.4 Å². The van der Waals surface area contributed by atoms with E-state index in [1.165, 1.54) is 0 Å². The maximum absolute atomic E-state index is 11.9. The Morgan fingerprint density at radius 1 is 1.38 bits per heavy atom. The van der Waals surface area contributed by atoms with Crippen LogP contribution in [0.1, 0.15) is 44.3 Å². The van der Waals surface area contributed by atoms with Gasteiger partial charge in [0.2, 0.25) is 0 Å². The molecule has 2 heterocycles. The van der Waals surface area contributed by atoms with Gasteiger partial charge in [0.1, 0.15) is 11.8 Å². The zero-order chi connectivity index (χ0) is 14.8. The molecule has 0 spiro atoms. The van der Waals surface area contributed by atoms with Gasteiger partial charge in [0.15, 0.2) is 0 Å². The number of H-pyrrole nitrogens is 1. The summed E-state index contributed by atoms with van der Waals surface area (Å²) >= 11 is 0. The molecule has 0 bridgehead atoms. The summed E-state index contributed by atoms with van der Waals surface area (Å²) < 4.78 is 10.4. The summed E-state index contributed by atoms with van der Waals surface area (Å²) in [5.41, 5.74) is -0.179. The van der Waals surface area contributed by atoms with Crippen LogP contribution < -0.4 is 10.9 Å². The van der Waals surface area contributed by atoms with Crippen LogP contribution in [0.25, 0.3) is 0 Å². The minimum Gasteiger partial charge on any atom is -0.465 e. The fraction of sp³-hybridized carbons (Fsp3) is 0.733. The number of esters is 1. The molecule has 1 aromatic rings. The summed E-state index contributed by atoms with van der Waals surface area (Å²) in [4.78, 5) is 23.1. The topological polar surface area (TPSA) is 84.3 Å². The number of aromatic nitrogens is 1. The second-order valence-electron chi connectivity index (χ2n) is 6.09. The van der Waals surface area contributed by atoms with Crippen molar-refractivity contribution < 1.29 is 14.1 Å². The highest BCUT2D eigenvalue weighted by Gasteiger charge is 2.39. The first kappa shape index (κ1) is 14.4. The predicted molar refractivity (Wildman–Crippen MR) is 75.9 cm³/mol. The molecular weight excluding hydrogens is 272 g/mol. The molecule has 21 heavy (non-hydrogen) atoms. The zero-order valence-corrected chi connectivity index (χ0v) is 12.3. The molecule has 2 aliphatic rings. The average molecular weight is 294 g/mol. The molecule has 1 aliphatic heterocycles. The van der Waals surface area contributed by atoms with Crippen LogP contribution in [0.2, 0.25) is 0 Å².